The van der Waals surface area contributed by atoms with E-state index in [1.807, 2.05) is 34.9 Å². The number of rotatable bonds is 4. The van der Waals surface area contributed by atoms with Crippen molar-refractivity contribution in [3.63, 3.8) is 0 Å². The van der Waals surface area contributed by atoms with Gasteiger partial charge in [-0.25, -0.2) is 9.07 Å². The van der Waals surface area contributed by atoms with Gasteiger partial charge in [0.1, 0.15) is 5.82 Å². The van der Waals surface area contributed by atoms with Gasteiger partial charge in [0.2, 0.25) is 0 Å². The second kappa shape index (κ2) is 5.75. The quantitative estimate of drug-likeness (QED) is 0.853. The molecule has 0 atom stereocenters. The van der Waals surface area contributed by atoms with Gasteiger partial charge in [0, 0.05) is 12.6 Å². The molecular formula is C12H14FIN4. The summed E-state index contributed by atoms with van der Waals surface area (Å²) in [6.07, 6.45) is 1.81. The summed E-state index contributed by atoms with van der Waals surface area (Å²) in [6.45, 7) is 4.80. The highest BCUT2D eigenvalue weighted by Crippen LogP contribution is 2.19. The Labute approximate surface area is 119 Å². The van der Waals surface area contributed by atoms with Crippen LogP contribution in [0.15, 0.2) is 24.4 Å². The van der Waals surface area contributed by atoms with Crippen LogP contribution in [0.4, 0.5) is 4.39 Å². The molecule has 2 rings (SSSR count). The molecule has 1 N–H and O–H groups in total. The fourth-order valence-corrected chi connectivity index (χ4v) is 2.08. The van der Waals surface area contributed by atoms with Gasteiger partial charge in [-0.05, 0) is 34.7 Å². The lowest BCUT2D eigenvalue weighted by molar-refractivity contribution is 0.580. The molecule has 6 heteroatoms. The summed E-state index contributed by atoms with van der Waals surface area (Å²) >= 11 is 1.97. The van der Waals surface area contributed by atoms with Gasteiger partial charge >= 0.3 is 0 Å². The molecule has 4 nitrogen and oxygen atoms in total. The summed E-state index contributed by atoms with van der Waals surface area (Å²) < 4.78 is 15.6. The highest BCUT2D eigenvalue weighted by Gasteiger charge is 2.09. The third-order valence-electron chi connectivity index (χ3n) is 2.41. The second-order valence-corrected chi connectivity index (χ2v) is 5.34. The van der Waals surface area contributed by atoms with Crippen LogP contribution in [0.2, 0.25) is 0 Å². The average Bonchev–Trinajstić information content (AvgIpc) is 2.78. The predicted octanol–water partition coefficient (Wildman–Crippen LogP) is 2.51. The van der Waals surface area contributed by atoms with Crippen LogP contribution in [0.3, 0.4) is 0 Å². The maximum absolute atomic E-state index is 13.4. The number of hydrogen-bond acceptors (Lipinski definition) is 3. The Morgan fingerprint density at radius 1 is 1.44 bits per heavy atom. The zero-order chi connectivity index (χ0) is 13.1. The van der Waals surface area contributed by atoms with Crippen LogP contribution in [0.25, 0.3) is 5.69 Å². The number of aromatic nitrogens is 3. The maximum Gasteiger partial charge on any atom is 0.138 e. The lowest BCUT2D eigenvalue weighted by atomic mass is 10.3. The molecule has 96 valence electrons. The van der Waals surface area contributed by atoms with E-state index in [0.717, 1.165) is 5.69 Å². The van der Waals surface area contributed by atoms with Crippen LogP contribution in [-0.4, -0.2) is 21.0 Å². The number of nitrogens with zero attached hydrogens (tertiary/aromatic N) is 3. The van der Waals surface area contributed by atoms with Crippen molar-refractivity contribution in [3.8, 4) is 5.69 Å². The number of benzene rings is 1. The summed E-state index contributed by atoms with van der Waals surface area (Å²) in [6, 6.07) is 5.31. The highest BCUT2D eigenvalue weighted by molar-refractivity contribution is 14.1. The first-order chi connectivity index (χ1) is 8.58. The van der Waals surface area contributed by atoms with Crippen molar-refractivity contribution in [1.29, 1.82) is 0 Å². The largest absolute Gasteiger partial charge is 0.309 e. The van der Waals surface area contributed by atoms with Crippen molar-refractivity contribution in [2.75, 3.05) is 0 Å². The Hall–Kier alpha value is -1.02. The minimum Gasteiger partial charge on any atom is -0.309 e. The monoisotopic (exact) mass is 360 g/mol. The van der Waals surface area contributed by atoms with Gasteiger partial charge in [0.05, 0.1) is 21.1 Å². The van der Waals surface area contributed by atoms with Crippen molar-refractivity contribution < 1.29 is 4.39 Å². The second-order valence-electron chi connectivity index (χ2n) is 4.26. The highest BCUT2D eigenvalue weighted by atomic mass is 127. The van der Waals surface area contributed by atoms with Gasteiger partial charge in [0.15, 0.2) is 0 Å². The van der Waals surface area contributed by atoms with E-state index < -0.39 is 0 Å². The van der Waals surface area contributed by atoms with Gasteiger partial charge in [0.25, 0.3) is 0 Å². The van der Waals surface area contributed by atoms with Crippen LogP contribution < -0.4 is 5.32 Å². The summed E-state index contributed by atoms with van der Waals surface area (Å²) in [4.78, 5) is 0. The third-order valence-corrected chi connectivity index (χ3v) is 3.48. The SMILES string of the molecule is CC(C)NCc1cn(-c2cccc(F)c2I)nn1. The molecule has 0 aliphatic heterocycles. The third kappa shape index (κ3) is 3.05. The van der Waals surface area contributed by atoms with E-state index in [1.165, 1.54) is 6.07 Å². The zero-order valence-electron chi connectivity index (χ0n) is 10.2. The molecule has 0 amide bonds. The van der Waals surface area contributed by atoms with E-state index in [9.17, 15) is 4.39 Å². The summed E-state index contributed by atoms with van der Waals surface area (Å²) in [5.41, 5.74) is 1.54. The van der Waals surface area contributed by atoms with Crippen molar-refractivity contribution in [1.82, 2.24) is 20.3 Å². The minimum atomic E-state index is -0.245. The molecule has 0 saturated carbocycles. The molecule has 0 aliphatic rings. The van der Waals surface area contributed by atoms with Crippen LogP contribution >= 0.6 is 22.6 Å². The fourth-order valence-electron chi connectivity index (χ4n) is 1.48. The molecule has 1 heterocycles. The van der Waals surface area contributed by atoms with Crippen molar-refractivity contribution in [3.05, 3.63) is 39.5 Å². The van der Waals surface area contributed by atoms with Gasteiger partial charge in [-0.2, -0.15) is 0 Å². The molecule has 1 aromatic heterocycles. The fraction of sp³-hybridized carbons (Fsp3) is 0.333. The summed E-state index contributed by atoms with van der Waals surface area (Å²) in [5.74, 6) is -0.245. The van der Waals surface area contributed by atoms with Gasteiger partial charge < -0.3 is 5.32 Å². The molecule has 0 bridgehead atoms. The van der Waals surface area contributed by atoms with E-state index in [4.69, 9.17) is 0 Å². The molecule has 0 aliphatic carbocycles. The molecule has 2 aromatic rings. The van der Waals surface area contributed by atoms with Gasteiger partial charge in [-0.1, -0.05) is 25.1 Å². The lowest BCUT2D eigenvalue weighted by Gasteiger charge is -2.05. The number of nitrogens with one attached hydrogen (secondary N) is 1. The van der Waals surface area contributed by atoms with Crippen LogP contribution in [0.5, 0.6) is 0 Å². The molecule has 0 unspecified atom stereocenters. The molecule has 18 heavy (non-hydrogen) atoms. The van der Waals surface area contributed by atoms with Crippen molar-refractivity contribution >= 4 is 22.6 Å². The van der Waals surface area contributed by atoms with Crippen molar-refractivity contribution in [2.24, 2.45) is 0 Å². The number of hydrogen-bond donors (Lipinski definition) is 1. The van der Waals surface area contributed by atoms with Crippen molar-refractivity contribution in [2.45, 2.75) is 26.4 Å². The van der Waals surface area contributed by atoms with E-state index in [1.54, 1.807) is 10.7 Å². The molecule has 0 saturated heterocycles. The summed E-state index contributed by atoms with van der Waals surface area (Å²) in [7, 11) is 0. The first kappa shape index (κ1) is 13.4. The normalized spacial score (nSPS) is 11.2. The Balaban J connectivity index is 2.21. The lowest BCUT2D eigenvalue weighted by Crippen LogP contribution is -2.21. The Kier molecular flexibility index (Phi) is 4.28. The maximum atomic E-state index is 13.4. The van der Waals surface area contributed by atoms with Gasteiger partial charge in [-0.15, -0.1) is 5.10 Å². The standard InChI is InChI=1S/C12H14FIN4/c1-8(2)15-6-9-7-18(17-16-9)11-5-3-4-10(13)12(11)14/h3-5,7-8,15H,6H2,1-2H3. The van der Waals surface area contributed by atoms with E-state index in [0.29, 0.717) is 21.8 Å². The predicted molar refractivity (Wildman–Crippen MR) is 76.0 cm³/mol. The first-order valence-electron chi connectivity index (χ1n) is 5.67. The van der Waals surface area contributed by atoms with E-state index in [2.05, 4.69) is 29.5 Å². The Morgan fingerprint density at radius 3 is 2.94 bits per heavy atom. The number of halogens is 2. The van der Waals surface area contributed by atoms with Gasteiger partial charge in [-0.3, -0.25) is 0 Å². The Bertz CT molecular complexity index is 539. The topological polar surface area (TPSA) is 42.7 Å². The first-order valence-corrected chi connectivity index (χ1v) is 6.75. The Morgan fingerprint density at radius 2 is 2.22 bits per heavy atom. The smallest absolute Gasteiger partial charge is 0.138 e. The molecule has 1 aromatic carbocycles. The van der Waals surface area contributed by atoms with Crippen LogP contribution in [0, 0.1) is 9.39 Å². The van der Waals surface area contributed by atoms with E-state index >= 15 is 0 Å². The molecule has 0 fully saturated rings. The zero-order valence-corrected chi connectivity index (χ0v) is 12.3. The minimum absolute atomic E-state index is 0.245. The summed E-state index contributed by atoms with van der Waals surface area (Å²) in [5, 5.41) is 11.3. The van der Waals surface area contributed by atoms with Crippen LogP contribution in [-0.2, 0) is 6.54 Å². The van der Waals surface area contributed by atoms with Crippen LogP contribution in [0.1, 0.15) is 19.5 Å². The molecule has 0 radical (unpaired) electrons. The average molecular weight is 360 g/mol. The molecule has 0 spiro atoms. The molecular weight excluding hydrogens is 346 g/mol. The van der Waals surface area contributed by atoms with E-state index in [-0.39, 0.29) is 5.82 Å².